The van der Waals surface area contributed by atoms with Gasteiger partial charge in [-0.15, -0.1) is 0 Å². The zero-order chi connectivity index (χ0) is 28.3. The van der Waals surface area contributed by atoms with Crippen molar-refractivity contribution in [2.75, 3.05) is 51.1 Å². The molecule has 0 radical (unpaired) electrons. The number of nitrogens with zero attached hydrogens (tertiary/aromatic N) is 4. The minimum atomic E-state index is -4.62. The third-order valence-electron chi connectivity index (χ3n) is 8.04. The van der Waals surface area contributed by atoms with E-state index < -0.39 is 30.1 Å². The molecule has 5 rings (SSSR count). The Labute approximate surface area is 231 Å². The molecule has 0 unspecified atom stereocenters. The fraction of sp³-hybridized carbons (Fsp3) is 0.586. The van der Waals surface area contributed by atoms with E-state index in [1.807, 2.05) is 12.1 Å². The van der Waals surface area contributed by atoms with Crippen molar-refractivity contribution in [1.82, 2.24) is 19.7 Å². The molecule has 0 atom stereocenters. The number of carbonyl (C=O) groups is 1. The number of benzene rings is 1. The highest BCUT2D eigenvalue weighted by Gasteiger charge is 2.36. The predicted octanol–water partition coefficient (Wildman–Crippen LogP) is 5.04. The maximum Gasteiger partial charge on any atom is 0.418 e. The molecule has 3 heterocycles. The van der Waals surface area contributed by atoms with Crippen molar-refractivity contribution < 1.29 is 26.7 Å². The summed E-state index contributed by atoms with van der Waals surface area (Å²) in [5.74, 6) is -2.41. The SMILES string of the molecule is O=C(CNc1cccc2c1CCN(CC1CC1)C2)N(CCN1CCCC(F)(F)C1)Cc1ncccc1C(F)(F)F. The summed E-state index contributed by atoms with van der Waals surface area (Å²) in [7, 11) is 0. The third kappa shape index (κ3) is 7.48. The van der Waals surface area contributed by atoms with Crippen molar-refractivity contribution in [3.05, 3.63) is 58.9 Å². The van der Waals surface area contributed by atoms with Gasteiger partial charge in [0, 0.05) is 51.0 Å². The molecule has 1 saturated heterocycles. The van der Waals surface area contributed by atoms with E-state index >= 15 is 0 Å². The van der Waals surface area contributed by atoms with E-state index in [1.165, 1.54) is 35.6 Å². The summed E-state index contributed by atoms with van der Waals surface area (Å²) in [5.41, 5.74) is 2.06. The summed E-state index contributed by atoms with van der Waals surface area (Å²) in [6.07, 6.45) is 0.243. The predicted molar refractivity (Wildman–Crippen MR) is 142 cm³/mol. The fourth-order valence-electron chi connectivity index (χ4n) is 5.73. The summed E-state index contributed by atoms with van der Waals surface area (Å²) in [6, 6.07) is 8.12. The van der Waals surface area contributed by atoms with Gasteiger partial charge in [0.2, 0.25) is 5.91 Å². The number of halogens is 5. The minimum Gasteiger partial charge on any atom is -0.376 e. The number of rotatable bonds is 10. The molecule has 40 heavy (non-hydrogen) atoms. The first-order valence-corrected chi connectivity index (χ1v) is 14.0. The molecule has 2 fully saturated rings. The molecule has 1 aromatic carbocycles. The van der Waals surface area contributed by atoms with Gasteiger partial charge in [0.25, 0.3) is 5.92 Å². The minimum absolute atomic E-state index is 0.0213. The van der Waals surface area contributed by atoms with Crippen molar-refractivity contribution in [2.24, 2.45) is 5.92 Å². The second-order valence-electron chi connectivity index (χ2n) is 11.3. The highest BCUT2D eigenvalue weighted by Crippen LogP contribution is 2.34. The molecule has 1 N–H and O–H groups in total. The van der Waals surface area contributed by atoms with Gasteiger partial charge in [-0.3, -0.25) is 19.6 Å². The van der Waals surface area contributed by atoms with Crippen molar-refractivity contribution in [1.29, 1.82) is 0 Å². The number of amides is 1. The highest BCUT2D eigenvalue weighted by molar-refractivity contribution is 5.81. The molecule has 2 aromatic rings. The molecule has 1 saturated carbocycles. The zero-order valence-electron chi connectivity index (χ0n) is 22.5. The Balaban J connectivity index is 1.27. The molecule has 3 aliphatic rings. The maximum atomic E-state index is 13.9. The first-order valence-electron chi connectivity index (χ1n) is 14.0. The first kappa shape index (κ1) is 28.7. The van der Waals surface area contributed by atoms with Gasteiger partial charge in [-0.25, -0.2) is 8.78 Å². The van der Waals surface area contributed by atoms with Crippen LogP contribution in [-0.4, -0.2) is 77.3 Å². The van der Waals surface area contributed by atoms with E-state index in [1.54, 1.807) is 4.90 Å². The number of fused-ring (bicyclic) bond motifs is 1. The molecule has 1 amide bonds. The van der Waals surface area contributed by atoms with Gasteiger partial charge in [0.05, 0.1) is 30.9 Å². The number of likely N-dealkylation sites (tertiary alicyclic amines) is 1. The molecule has 218 valence electrons. The summed E-state index contributed by atoms with van der Waals surface area (Å²) in [4.78, 5) is 22.7. The van der Waals surface area contributed by atoms with Gasteiger partial charge in [0.1, 0.15) is 0 Å². The van der Waals surface area contributed by atoms with Crippen LogP contribution in [0.25, 0.3) is 0 Å². The Bertz CT molecular complexity index is 1190. The lowest BCUT2D eigenvalue weighted by molar-refractivity contribution is -0.140. The van der Waals surface area contributed by atoms with Crippen LogP contribution in [0.5, 0.6) is 0 Å². The third-order valence-corrected chi connectivity index (χ3v) is 8.04. The Morgan fingerprint density at radius 2 is 1.95 bits per heavy atom. The van der Waals surface area contributed by atoms with Gasteiger partial charge in [-0.1, -0.05) is 12.1 Å². The van der Waals surface area contributed by atoms with E-state index in [0.717, 1.165) is 49.3 Å². The molecule has 6 nitrogen and oxygen atoms in total. The number of anilines is 1. The van der Waals surface area contributed by atoms with Crippen LogP contribution in [0.4, 0.5) is 27.6 Å². The number of hydrogen-bond acceptors (Lipinski definition) is 5. The van der Waals surface area contributed by atoms with Crippen LogP contribution in [0.15, 0.2) is 36.5 Å². The number of aromatic nitrogens is 1. The van der Waals surface area contributed by atoms with Crippen molar-refractivity contribution in [2.45, 2.75) is 57.3 Å². The number of carbonyl (C=O) groups excluding carboxylic acids is 1. The molecule has 2 aliphatic heterocycles. The molecule has 1 aliphatic carbocycles. The molecular formula is C29H36F5N5O. The molecule has 11 heteroatoms. The van der Waals surface area contributed by atoms with Crippen LogP contribution >= 0.6 is 0 Å². The lowest BCUT2D eigenvalue weighted by Crippen LogP contribution is -2.47. The van der Waals surface area contributed by atoms with Gasteiger partial charge < -0.3 is 10.2 Å². The van der Waals surface area contributed by atoms with Crippen LogP contribution in [-0.2, 0) is 30.5 Å². The average molecular weight is 566 g/mol. The molecule has 0 bridgehead atoms. The summed E-state index contributed by atoms with van der Waals surface area (Å²) < 4.78 is 68.8. The average Bonchev–Trinajstić information content (AvgIpc) is 3.72. The van der Waals surface area contributed by atoms with Gasteiger partial charge in [-0.05, 0) is 67.5 Å². The van der Waals surface area contributed by atoms with E-state index in [4.69, 9.17) is 0 Å². The number of hydrogen-bond donors (Lipinski definition) is 1. The number of piperidine rings is 1. The lowest BCUT2D eigenvalue weighted by Gasteiger charge is -2.34. The van der Waals surface area contributed by atoms with Gasteiger partial charge >= 0.3 is 6.18 Å². The van der Waals surface area contributed by atoms with Crippen LogP contribution < -0.4 is 5.32 Å². The second-order valence-corrected chi connectivity index (χ2v) is 11.3. The Morgan fingerprint density at radius 3 is 2.70 bits per heavy atom. The first-order chi connectivity index (χ1) is 19.1. The topological polar surface area (TPSA) is 51.7 Å². The van der Waals surface area contributed by atoms with Crippen molar-refractivity contribution in [3.8, 4) is 0 Å². The summed E-state index contributed by atoms with van der Waals surface area (Å²) >= 11 is 0. The van der Waals surface area contributed by atoms with E-state index in [2.05, 4.69) is 21.3 Å². The Kier molecular flexibility index (Phi) is 8.61. The molecular weight excluding hydrogens is 529 g/mol. The molecule has 1 aromatic heterocycles. The van der Waals surface area contributed by atoms with E-state index in [9.17, 15) is 26.7 Å². The van der Waals surface area contributed by atoms with E-state index in [-0.39, 0.29) is 38.3 Å². The Morgan fingerprint density at radius 1 is 1.12 bits per heavy atom. The fourth-order valence-corrected chi connectivity index (χ4v) is 5.73. The van der Waals surface area contributed by atoms with Crippen LogP contribution in [0.2, 0.25) is 0 Å². The van der Waals surface area contributed by atoms with Crippen molar-refractivity contribution in [3.63, 3.8) is 0 Å². The lowest BCUT2D eigenvalue weighted by atomic mass is 9.97. The smallest absolute Gasteiger partial charge is 0.376 e. The summed E-state index contributed by atoms with van der Waals surface area (Å²) in [6.45, 7) is 2.65. The van der Waals surface area contributed by atoms with Crippen molar-refractivity contribution >= 4 is 11.6 Å². The van der Waals surface area contributed by atoms with Crippen LogP contribution in [0.1, 0.15) is 48.1 Å². The van der Waals surface area contributed by atoms with Crippen LogP contribution in [0, 0.1) is 5.92 Å². The number of pyridine rings is 1. The normalized spacial score (nSPS) is 19.7. The second kappa shape index (κ2) is 12.0. The largest absolute Gasteiger partial charge is 0.418 e. The Hall–Kier alpha value is -2.79. The molecule has 0 spiro atoms. The number of nitrogens with one attached hydrogen (secondary N) is 1. The van der Waals surface area contributed by atoms with Gasteiger partial charge in [-0.2, -0.15) is 13.2 Å². The van der Waals surface area contributed by atoms with Gasteiger partial charge in [0.15, 0.2) is 0 Å². The monoisotopic (exact) mass is 565 g/mol. The standard InChI is InChI=1S/C29H36F5N5O/c30-28(31)10-3-12-37(20-28)14-15-39(19-26-24(29(32,33)34)5-2-11-35-26)27(40)16-36-25-6-1-4-22-18-38(13-9-23(22)25)17-21-7-8-21/h1-2,4-6,11,21,36H,3,7-10,12-20H2. The maximum absolute atomic E-state index is 13.9. The van der Waals surface area contributed by atoms with Crippen LogP contribution in [0.3, 0.4) is 0 Å². The number of alkyl halides is 5. The van der Waals surface area contributed by atoms with E-state index in [0.29, 0.717) is 13.0 Å². The summed E-state index contributed by atoms with van der Waals surface area (Å²) in [5, 5.41) is 3.22. The zero-order valence-corrected chi connectivity index (χ0v) is 22.5. The highest BCUT2D eigenvalue weighted by atomic mass is 19.4. The quantitative estimate of drug-likeness (QED) is 0.409.